The Bertz CT molecular complexity index is 685. The molecule has 0 spiro atoms. The molecule has 1 saturated carbocycles. The monoisotopic (exact) mass is 312 g/mol. The molecule has 3 rings (SSSR count). The van der Waals surface area contributed by atoms with Gasteiger partial charge < -0.3 is 14.8 Å². The average Bonchev–Trinajstić information content (AvgIpc) is 3.38. The fourth-order valence-corrected chi connectivity index (χ4v) is 2.67. The van der Waals surface area contributed by atoms with E-state index in [2.05, 4.69) is 10.3 Å². The number of pyridine rings is 1. The highest BCUT2D eigenvalue weighted by Crippen LogP contribution is 2.48. The van der Waals surface area contributed by atoms with Gasteiger partial charge in [-0.3, -0.25) is 4.79 Å². The number of ether oxygens (including phenoxy) is 2. The Balaban J connectivity index is 1.64. The summed E-state index contributed by atoms with van der Waals surface area (Å²) in [4.78, 5) is 16.6. The highest BCUT2D eigenvalue weighted by Gasteiger charge is 2.44. The second-order valence-corrected chi connectivity index (χ2v) is 5.49. The molecule has 0 aliphatic heterocycles. The number of rotatable bonds is 6. The maximum atomic E-state index is 12.4. The Morgan fingerprint density at radius 1 is 1.30 bits per heavy atom. The quantitative estimate of drug-likeness (QED) is 0.889. The summed E-state index contributed by atoms with van der Waals surface area (Å²) in [6.45, 7) is 2.44. The lowest BCUT2D eigenvalue weighted by atomic mass is 10.1. The minimum Gasteiger partial charge on any atom is -0.497 e. The number of methoxy groups -OCH3 is 1. The van der Waals surface area contributed by atoms with Crippen LogP contribution in [0.2, 0.25) is 0 Å². The van der Waals surface area contributed by atoms with Crippen LogP contribution < -0.4 is 14.8 Å². The van der Waals surface area contributed by atoms with Crippen molar-refractivity contribution in [3.63, 3.8) is 0 Å². The molecule has 120 valence electrons. The van der Waals surface area contributed by atoms with Crippen LogP contribution >= 0.6 is 0 Å². The molecule has 1 N–H and O–H groups in total. The first kappa shape index (κ1) is 15.3. The molecule has 1 heterocycles. The number of carbonyl (C=O) groups excluding carboxylic acids is 1. The van der Waals surface area contributed by atoms with Gasteiger partial charge in [-0.15, -0.1) is 0 Å². The number of benzene rings is 1. The largest absolute Gasteiger partial charge is 0.497 e. The van der Waals surface area contributed by atoms with Crippen LogP contribution in [0.1, 0.15) is 24.8 Å². The first-order valence-electron chi connectivity index (χ1n) is 7.75. The van der Waals surface area contributed by atoms with Gasteiger partial charge in [-0.1, -0.05) is 12.1 Å². The predicted molar refractivity (Wildman–Crippen MR) is 87.9 cm³/mol. The number of nitrogens with zero attached hydrogens (tertiary/aromatic N) is 1. The number of carbonyl (C=O) groups is 1. The van der Waals surface area contributed by atoms with E-state index >= 15 is 0 Å². The zero-order valence-electron chi connectivity index (χ0n) is 13.3. The second kappa shape index (κ2) is 6.69. The molecule has 23 heavy (non-hydrogen) atoms. The Morgan fingerprint density at radius 2 is 2.09 bits per heavy atom. The van der Waals surface area contributed by atoms with Crippen LogP contribution in [-0.2, 0) is 4.79 Å². The van der Waals surface area contributed by atoms with Crippen LogP contribution in [0.15, 0.2) is 42.6 Å². The first-order chi connectivity index (χ1) is 11.2. The van der Waals surface area contributed by atoms with Gasteiger partial charge in [0, 0.05) is 12.1 Å². The molecular formula is C18H20N2O3. The highest BCUT2D eigenvalue weighted by atomic mass is 16.5. The minimum atomic E-state index is -0.0140. The molecule has 1 aliphatic carbocycles. The molecule has 5 heteroatoms. The Labute approximate surface area is 135 Å². The molecule has 0 radical (unpaired) electrons. The third-order valence-electron chi connectivity index (χ3n) is 3.98. The minimum absolute atomic E-state index is 0.00882. The van der Waals surface area contributed by atoms with Crippen molar-refractivity contribution in [2.24, 2.45) is 5.92 Å². The van der Waals surface area contributed by atoms with E-state index in [9.17, 15) is 4.79 Å². The summed E-state index contributed by atoms with van der Waals surface area (Å²) in [5.74, 6) is 2.15. The van der Waals surface area contributed by atoms with Crippen molar-refractivity contribution in [2.75, 3.05) is 19.0 Å². The summed E-state index contributed by atoms with van der Waals surface area (Å²) in [5, 5.41) is 2.88. The maximum Gasteiger partial charge on any atom is 0.229 e. The van der Waals surface area contributed by atoms with Gasteiger partial charge in [0.25, 0.3) is 0 Å². The summed E-state index contributed by atoms with van der Waals surface area (Å²) in [6, 6.07) is 11.5. The fourth-order valence-electron chi connectivity index (χ4n) is 2.67. The summed E-state index contributed by atoms with van der Waals surface area (Å²) in [6.07, 6.45) is 2.50. The third-order valence-corrected chi connectivity index (χ3v) is 3.98. The van der Waals surface area contributed by atoms with Crippen LogP contribution in [-0.4, -0.2) is 24.6 Å². The van der Waals surface area contributed by atoms with Crippen molar-refractivity contribution < 1.29 is 14.3 Å². The Morgan fingerprint density at radius 3 is 2.78 bits per heavy atom. The van der Waals surface area contributed by atoms with E-state index in [1.807, 2.05) is 31.2 Å². The van der Waals surface area contributed by atoms with Crippen molar-refractivity contribution in [1.29, 1.82) is 0 Å². The van der Waals surface area contributed by atoms with Crippen LogP contribution in [0, 0.1) is 5.92 Å². The summed E-state index contributed by atoms with van der Waals surface area (Å²) in [7, 11) is 1.64. The average molecular weight is 312 g/mol. The molecule has 1 fully saturated rings. The number of amides is 1. The molecule has 5 nitrogen and oxygen atoms in total. The molecule has 0 saturated heterocycles. The van der Waals surface area contributed by atoms with E-state index in [0.29, 0.717) is 18.2 Å². The highest BCUT2D eigenvalue weighted by molar-refractivity contribution is 5.95. The van der Waals surface area contributed by atoms with Crippen molar-refractivity contribution >= 4 is 11.7 Å². The summed E-state index contributed by atoms with van der Waals surface area (Å²) >= 11 is 0. The van der Waals surface area contributed by atoms with Gasteiger partial charge in [0.2, 0.25) is 5.91 Å². The lowest BCUT2D eigenvalue weighted by Crippen LogP contribution is -2.16. The predicted octanol–water partition coefficient (Wildman–Crippen LogP) is 3.23. The summed E-state index contributed by atoms with van der Waals surface area (Å²) < 4.78 is 10.6. The lowest BCUT2D eigenvalue weighted by molar-refractivity contribution is -0.117. The number of hydrogen-bond acceptors (Lipinski definition) is 4. The standard InChI is InChI=1S/C18H20N2O3/c1-3-23-16-5-4-10-19-17(16)20-18(21)15-11-14(15)12-6-8-13(22-2)9-7-12/h4-10,14-15H,3,11H2,1-2H3,(H,19,20,21). The fraction of sp³-hybridized carbons (Fsp3) is 0.333. The van der Waals surface area contributed by atoms with Crippen LogP contribution in [0.25, 0.3) is 0 Å². The van der Waals surface area contributed by atoms with Crippen LogP contribution in [0.3, 0.4) is 0 Å². The lowest BCUT2D eigenvalue weighted by Gasteiger charge is -2.10. The SMILES string of the molecule is CCOc1cccnc1NC(=O)C1CC1c1ccc(OC)cc1. The van der Waals surface area contributed by atoms with Crippen molar-refractivity contribution in [1.82, 2.24) is 4.98 Å². The number of anilines is 1. The van der Waals surface area contributed by atoms with Gasteiger partial charge >= 0.3 is 0 Å². The molecule has 1 amide bonds. The maximum absolute atomic E-state index is 12.4. The molecule has 2 aromatic rings. The van der Waals surface area contributed by atoms with Crippen LogP contribution in [0.4, 0.5) is 5.82 Å². The topological polar surface area (TPSA) is 60.5 Å². The van der Waals surface area contributed by atoms with Crippen molar-refractivity contribution in [3.8, 4) is 11.5 Å². The van der Waals surface area contributed by atoms with Crippen molar-refractivity contribution in [3.05, 3.63) is 48.2 Å². The Kier molecular flexibility index (Phi) is 4.46. The molecule has 0 bridgehead atoms. The zero-order valence-corrected chi connectivity index (χ0v) is 13.3. The third kappa shape index (κ3) is 3.44. The van der Waals surface area contributed by atoms with Gasteiger partial charge in [-0.25, -0.2) is 4.98 Å². The van der Waals surface area contributed by atoms with E-state index in [-0.39, 0.29) is 17.7 Å². The van der Waals surface area contributed by atoms with E-state index in [4.69, 9.17) is 9.47 Å². The molecule has 1 aromatic heterocycles. The molecule has 1 aromatic carbocycles. The number of aromatic nitrogens is 1. The van der Waals surface area contributed by atoms with Crippen molar-refractivity contribution in [2.45, 2.75) is 19.3 Å². The summed E-state index contributed by atoms with van der Waals surface area (Å²) in [5.41, 5.74) is 1.16. The second-order valence-electron chi connectivity index (χ2n) is 5.49. The molecule has 1 aliphatic rings. The van der Waals surface area contributed by atoms with Gasteiger partial charge in [0.05, 0.1) is 13.7 Å². The van der Waals surface area contributed by atoms with Gasteiger partial charge in [-0.2, -0.15) is 0 Å². The van der Waals surface area contributed by atoms with Gasteiger partial charge in [0.15, 0.2) is 11.6 Å². The van der Waals surface area contributed by atoms with Gasteiger partial charge in [0.1, 0.15) is 5.75 Å². The normalized spacial score (nSPS) is 19.0. The molecular weight excluding hydrogens is 292 g/mol. The van der Waals surface area contributed by atoms with E-state index in [1.165, 1.54) is 0 Å². The smallest absolute Gasteiger partial charge is 0.229 e. The number of hydrogen-bond donors (Lipinski definition) is 1. The van der Waals surface area contributed by atoms with Crippen LogP contribution in [0.5, 0.6) is 11.5 Å². The van der Waals surface area contributed by atoms with E-state index in [0.717, 1.165) is 17.7 Å². The Hall–Kier alpha value is -2.56. The zero-order chi connectivity index (χ0) is 16.2. The van der Waals surface area contributed by atoms with E-state index in [1.54, 1.807) is 25.4 Å². The molecule has 2 atom stereocenters. The number of nitrogens with one attached hydrogen (secondary N) is 1. The van der Waals surface area contributed by atoms with Gasteiger partial charge in [-0.05, 0) is 49.1 Å². The molecule has 2 unspecified atom stereocenters. The van der Waals surface area contributed by atoms with E-state index < -0.39 is 0 Å². The first-order valence-corrected chi connectivity index (χ1v) is 7.75.